The predicted octanol–water partition coefficient (Wildman–Crippen LogP) is 3.82. The molecule has 15 nitrogen and oxygen atoms in total. The van der Waals surface area contributed by atoms with E-state index in [0.717, 1.165) is 5.56 Å². The number of alkyl carbamates (subject to hydrolysis) is 2. The molecule has 2 saturated heterocycles. The zero-order valence-corrected chi connectivity index (χ0v) is 31.2. The van der Waals surface area contributed by atoms with Crippen LogP contribution in [0.3, 0.4) is 0 Å². The normalized spacial score (nSPS) is 20.7. The van der Waals surface area contributed by atoms with E-state index in [0.29, 0.717) is 49.8 Å². The van der Waals surface area contributed by atoms with E-state index in [-0.39, 0.29) is 49.6 Å². The van der Waals surface area contributed by atoms with Crippen molar-refractivity contribution in [2.75, 3.05) is 46.2 Å². The number of fused-ring (bicyclic) bond motifs is 2. The lowest BCUT2D eigenvalue weighted by Gasteiger charge is -2.31. The summed E-state index contributed by atoms with van der Waals surface area (Å²) in [4.78, 5) is 25.1. The van der Waals surface area contributed by atoms with Crippen molar-refractivity contribution >= 4 is 22.2 Å². The number of amides is 2. The summed E-state index contributed by atoms with van der Waals surface area (Å²) in [6.07, 6.45) is -2.07. The molecule has 3 N–H and O–H groups in total. The van der Waals surface area contributed by atoms with Gasteiger partial charge in [-0.25, -0.2) is 18.0 Å². The van der Waals surface area contributed by atoms with Gasteiger partial charge in [0.15, 0.2) is 17.8 Å². The zero-order valence-electron chi connectivity index (χ0n) is 30.4. The molecule has 52 heavy (non-hydrogen) atoms. The van der Waals surface area contributed by atoms with Crippen molar-refractivity contribution in [3.05, 3.63) is 48.0 Å². The van der Waals surface area contributed by atoms with E-state index in [9.17, 15) is 23.1 Å². The summed E-state index contributed by atoms with van der Waals surface area (Å²) < 4.78 is 67.8. The molecule has 3 heterocycles. The maximum absolute atomic E-state index is 13.9. The lowest BCUT2D eigenvalue weighted by molar-refractivity contribution is -0.0907. The van der Waals surface area contributed by atoms with Crippen LogP contribution in [0.2, 0.25) is 0 Å². The number of benzene rings is 2. The Bertz CT molecular complexity index is 1620. The minimum absolute atomic E-state index is 0.000649. The average molecular weight is 750 g/mol. The van der Waals surface area contributed by atoms with Crippen LogP contribution in [0.5, 0.6) is 17.2 Å². The van der Waals surface area contributed by atoms with Crippen LogP contribution in [0.15, 0.2) is 47.4 Å². The zero-order chi connectivity index (χ0) is 37.5. The topological polar surface area (TPSA) is 180 Å². The number of nitrogens with one attached hydrogen (secondary N) is 2. The van der Waals surface area contributed by atoms with E-state index in [4.69, 9.17) is 33.2 Å². The standard InChI is InChI=1S/C36H51N3O12S/c1-23(2)19-39(52(43,44)26-11-12-30-31(18-26)49-22-48-30)20-29(40)28(38-35(42)50-32-21-47-33-27(32)13-16-46-33)17-24-7-9-25(10-8-24)45-15-6-14-37-34(41)51-36(3,4)5/h7-12,18,23,27-29,32-33,40H,6,13-17,19-22H2,1-5H3,(H,37,41)(H,38,42)/t27-,28-,29+,32-,33+/m0/s1. The largest absolute Gasteiger partial charge is 0.494 e. The van der Waals surface area contributed by atoms with Crippen LogP contribution in [0.4, 0.5) is 9.59 Å². The van der Waals surface area contributed by atoms with Gasteiger partial charge < -0.3 is 48.9 Å². The second-order valence-electron chi connectivity index (χ2n) is 14.5. The Morgan fingerprint density at radius 2 is 1.77 bits per heavy atom. The molecule has 5 rings (SSSR count). The van der Waals surface area contributed by atoms with Gasteiger partial charge in [0.2, 0.25) is 16.8 Å². The molecule has 0 spiro atoms. The number of hydrogen-bond acceptors (Lipinski definition) is 12. The van der Waals surface area contributed by atoms with Crippen molar-refractivity contribution in [1.29, 1.82) is 0 Å². The number of sulfonamides is 1. The Morgan fingerprint density at radius 1 is 1.02 bits per heavy atom. The van der Waals surface area contributed by atoms with E-state index < -0.39 is 52.4 Å². The summed E-state index contributed by atoms with van der Waals surface area (Å²) in [6, 6.07) is 10.6. The third-order valence-corrected chi connectivity index (χ3v) is 10.4. The summed E-state index contributed by atoms with van der Waals surface area (Å²) in [6.45, 7) is 10.4. The first kappa shape index (κ1) is 39.4. The van der Waals surface area contributed by atoms with Crippen molar-refractivity contribution in [1.82, 2.24) is 14.9 Å². The van der Waals surface area contributed by atoms with Crippen LogP contribution in [0.25, 0.3) is 0 Å². The number of ether oxygens (including phenoxy) is 7. The van der Waals surface area contributed by atoms with Gasteiger partial charge in [0.25, 0.3) is 0 Å². The Labute approximate surface area is 305 Å². The van der Waals surface area contributed by atoms with Crippen LogP contribution in [-0.4, -0.2) is 106 Å². The molecule has 0 bridgehead atoms. The molecule has 2 amide bonds. The summed E-state index contributed by atoms with van der Waals surface area (Å²) in [5.74, 6) is 1.22. The summed E-state index contributed by atoms with van der Waals surface area (Å²) in [7, 11) is -4.09. The second kappa shape index (κ2) is 17.3. The maximum atomic E-state index is 13.9. The molecule has 2 aromatic carbocycles. The van der Waals surface area contributed by atoms with Crippen LogP contribution in [0.1, 0.15) is 53.0 Å². The van der Waals surface area contributed by atoms with Crippen molar-refractivity contribution in [3.63, 3.8) is 0 Å². The second-order valence-corrected chi connectivity index (χ2v) is 16.4. The van der Waals surface area contributed by atoms with Crippen LogP contribution in [0, 0.1) is 11.8 Å². The molecule has 0 aliphatic carbocycles. The van der Waals surface area contributed by atoms with Gasteiger partial charge >= 0.3 is 12.2 Å². The summed E-state index contributed by atoms with van der Waals surface area (Å²) in [5, 5.41) is 17.2. The van der Waals surface area contributed by atoms with E-state index >= 15 is 0 Å². The van der Waals surface area contributed by atoms with Gasteiger partial charge in [0, 0.05) is 25.7 Å². The van der Waals surface area contributed by atoms with Gasteiger partial charge in [0.05, 0.1) is 42.8 Å². The molecule has 2 aromatic rings. The number of hydrogen-bond donors (Lipinski definition) is 3. The Balaban J connectivity index is 1.25. The minimum Gasteiger partial charge on any atom is -0.494 e. The molecule has 2 fully saturated rings. The van der Waals surface area contributed by atoms with Crippen molar-refractivity contribution < 1.29 is 56.3 Å². The fourth-order valence-corrected chi connectivity index (χ4v) is 7.73. The van der Waals surface area contributed by atoms with Crippen LogP contribution < -0.4 is 24.8 Å². The lowest BCUT2D eigenvalue weighted by Crippen LogP contribution is -2.51. The monoisotopic (exact) mass is 749 g/mol. The molecule has 5 atom stereocenters. The SMILES string of the molecule is CC(C)CN(C[C@@H](O)[C@H](Cc1ccc(OCCCNC(=O)OC(C)(C)C)cc1)NC(=O)O[C@H]1CO[C@H]2OCC[C@H]21)S(=O)(=O)c1ccc2c(c1)OCO2. The van der Waals surface area contributed by atoms with Crippen molar-refractivity contribution in [3.8, 4) is 17.2 Å². The highest BCUT2D eigenvalue weighted by atomic mass is 32.2. The molecule has 288 valence electrons. The highest BCUT2D eigenvalue weighted by molar-refractivity contribution is 7.89. The van der Waals surface area contributed by atoms with E-state index in [2.05, 4.69) is 10.6 Å². The first-order valence-corrected chi connectivity index (χ1v) is 19.1. The number of aliphatic hydroxyl groups excluding tert-OH is 1. The van der Waals surface area contributed by atoms with Gasteiger partial charge in [-0.15, -0.1) is 0 Å². The van der Waals surface area contributed by atoms with Gasteiger partial charge in [-0.3, -0.25) is 0 Å². The molecular weight excluding hydrogens is 698 g/mol. The Kier molecular flexibility index (Phi) is 13.1. The third-order valence-electron chi connectivity index (χ3n) is 8.59. The molecular formula is C36H51N3O12S. The predicted molar refractivity (Wildman–Crippen MR) is 188 cm³/mol. The van der Waals surface area contributed by atoms with Gasteiger partial charge in [0.1, 0.15) is 17.5 Å². The number of aliphatic hydroxyl groups is 1. The maximum Gasteiger partial charge on any atom is 0.407 e. The van der Waals surface area contributed by atoms with E-state index in [1.54, 1.807) is 39.0 Å². The number of carbonyl (C=O) groups is 2. The number of rotatable bonds is 16. The fourth-order valence-electron chi connectivity index (χ4n) is 6.10. The molecule has 0 unspecified atom stereocenters. The van der Waals surface area contributed by atoms with Crippen LogP contribution in [-0.2, 0) is 35.4 Å². The van der Waals surface area contributed by atoms with Crippen molar-refractivity contribution in [2.24, 2.45) is 11.8 Å². The quantitative estimate of drug-likeness (QED) is 0.212. The highest BCUT2D eigenvalue weighted by Gasteiger charge is 2.44. The van der Waals surface area contributed by atoms with Crippen LogP contribution >= 0.6 is 0 Å². The molecule has 0 saturated carbocycles. The number of nitrogens with zero attached hydrogens (tertiary/aromatic N) is 1. The Morgan fingerprint density at radius 3 is 2.50 bits per heavy atom. The van der Waals surface area contributed by atoms with Gasteiger partial charge in [-0.05, 0) is 75.8 Å². The van der Waals surface area contributed by atoms with Gasteiger partial charge in [-0.2, -0.15) is 4.31 Å². The number of carbonyl (C=O) groups excluding carboxylic acids is 2. The molecule has 3 aliphatic heterocycles. The fraction of sp³-hybridized carbons (Fsp3) is 0.611. The minimum atomic E-state index is -4.09. The lowest BCUT2D eigenvalue weighted by atomic mass is 10.0. The molecule has 0 radical (unpaired) electrons. The van der Waals surface area contributed by atoms with E-state index in [1.165, 1.54) is 16.4 Å². The molecule has 3 aliphatic rings. The first-order chi connectivity index (χ1) is 24.7. The summed E-state index contributed by atoms with van der Waals surface area (Å²) >= 11 is 0. The average Bonchev–Trinajstić information content (AvgIpc) is 3.82. The van der Waals surface area contributed by atoms with E-state index in [1.807, 2.05) is 26.0 Å². The summed E-state index contributed by atoms with van der Waals surface area (Å²) in [5.41, 5.74) is 0.178. The molecule has 16 heteroatoms. The van der Waals surface area contributed by atoms with Gasteiger partial charge in [-0.1, -0.05) is 26.0 Å². The molecule has 0 aromatic heterocycles. The first-order valence-electron chi connectivity index (χ1n) is 17.6. The highest BCUT2D eigenvalue weighted by Crippen LogP contribution is 2.35. The van der Waals surface area contributed by atoms with Crippen molar-refractivity contribution in [2.45, 2.75) is 88.9 Å². The smallest absolute Gasteiger partial charge is 0.407 e. The third kappa shape index (κ3) is 10.9. The Hall–Kier alpha value is -3.83.